The average molecular weight is 364 g/mol. The zero-order valence-electron chi connectivity index (χ0n) is 15.9. The van der Waals surface area contributed by atoms with Gasteiger partial charge in [0.2, 0.25) is 11.8 Å². The summed E-state index contributed by atoms with van der Waals surface area (Å²) in [6, 6.07) is 10.1. The average Bonchev–Trinajstić information content (AvgIpc) is 2.77. The first-order chi connectivity index (χ1) is 12.9. The smallest absolute Gasteiger partial charge is 0.246 e. The molecule has 1 N–H and O–H groups in total. The summed E-state index contributed by atoms with van der Waals surface area (Å²) in [6.45, 7) is 3.57. The number of nitrogens with one attached hydrogen (secondary N) is 1. The Morgan fingerprint density at radius 3 is 2.78 bits per heavy atom. The fourth-order valence-corrected chi connectivity index (χ4v) is 2.96. The zero-order valence-corrected chi connectivity index (χ0v) is 15.9. The molecule has 1 aromatic heterocycles. The molecule has 0 spiro atoms. The molecule has 1 aliphatic heterocycles. The van der Waals surface area contributed by atoms with E-state index in [2.05, 4.69) is 10.3 Å². The fourth-order valence-electron chi connectivity index (χ4n) is 2.96. The summed E-state index contributed by atoms with van der Waals surface area (Å²) >= 11 is 0. The van der Waals surface area contributed by atoms with Gasteiger partial charge in [-0.25, -0.2) is 4.98 Å². The lowest BCUT2D eigenvalue weighted by Crippen LogP contribution is -2.26. The molecule has 0 fully saturated rings. The van der Waals surface area contributed by atoms with Crippen LogP contribution in [0, 0.1) is 6.92 Å². The number of pyridine rings is 1. The van der Waals surface area contributed by atoms with Gasteiger partial charge >= 0.3 is 0 Å². The number of fused-ring (bicyclic) bond motifs is 1. The van der Waals surface area contributed by atoms with Crippen LogP contribution in [-0.4, -0.2) is 47.2 Å². The first-order valence-corrected chi connectivity index (χ1v) is 8.87. The summed E-state index contributed by atoms with van der Waals surface area (Å²) in [5, 5.41) is 2.80. The van der Waals surface area contributed by atoms with Crippen molar-refractivity contribution in [3.8, 4) is 0 Å². The van der Waals surface area contributed by atoms with Gasteiger partial charge in [-0.15, -0.1) is 0 Å². The van der Waals surface area contributed by atoms with E-state index in [9.17, 15) is 9.59 Å². The highest BCUT2D eigenvalue weighted by molar-refractivity contribution is 5.93. The number of carbonyl (C=O) groups excluding carboxylic acids is 2. The zero-order chi connectivity index (χ0) is 19.4. The number of aryl methyl sites for hydroxylation is 1. The van der Waals surface area contributed by atoms with Gasteiger partial charge in [0.1, 0.15) is 5.82 Å². The van der Waals surface area contributed by atoms with Gasteiger partial charge in [0.15, 0.2) is 0 Å². The predicted molar refractivity (Wildman–Crippen MR) is 106 cm³/mol. The van der Waals surface area contributed by atoms with Gasteiger partial charge in [0.25, 0.3) is 0 Å². The summed E-state index contributed by atoms with van der Waals surface area (Å²) in [6.07, 6.45) is 4.97. The normalized spacial score (nSPS) is 14.6. The molecule has 1 aromatic carbocycles. The summed E-state index contributed by atoms with van der Waals surface area (Å²) in [5.41, 5.74) is 4.06. The molecular formula is C21H24N4O2. The second-order valence-corrected chi connectivity index (χ2v) is 7.01. The lowest BCUT2D eigenvalue weighted by Gasteiger charge is -2.15. The molecule has 27 heavy (non-hydrogen) atoms. The van der Waals surface area contributed by atoms with Gasteiger partial charge in [-0.3, -0.25) is 14.5 Å². The molecule has 0 saturated carbocycles. The minimum atomic E-state index is -0.0732. The molecule has 6 heteroatoms. The number of amides is 2. The van der Waals surface area contributed by atoms with E-state index in [1.54, 1.807) is 30.3 Å². The van der Waals surface area contributed by atoms with Crippen LogP contribution >= 0.6 is 0 Å². The summed E-state index contributed by atoms with van der Waals surface area (Å²) in [7, 11) is 3.67. The van der Waals surface area contributed by atoms with Crippen molar-refractivity contribution >= 4 is 23.7 Å². The molecule has 1 aliphatic rings. The van der Waals surface area contributed by atoms with E-state index in [-0.39, 0.29) is 11.8 Å². The molecule has 2 aromatic rings. The second-order valence-electron chi connectivity index (χ2n) is 7.01. The number of likely N-dealkylation sites (N-methyl/N-ethyl adjacent to an activating group) is 2. The monoisotopic (exact) mass is 364 g/mol. The van der Waals surface area contributed by atoms with E-state index < -0.39 is 0 Å². The van der Waals surface area contributed by atoms with E-state index in [0.717, 1.165) is 16.7 Å². The van der Waals surface area contributed by atoms with Crippen molar-refractivity contribution < 1.29 is 9.59 Å². The minimum absolute atomic E-state index is 0.0695. The van der Waals surface area contributed by atoms with Crippen molar-refractivity contribution in [3.63, 3.8) is 0 Å². The number of rotatable bonds is 4. The molecule has 0 bridgehead atoms. The maximum absolute atomic E-state index is 12.4. The lowest BCUT2D eigenvalue weighted by atomic mass is 10.1. The Labute approximate surface area is 159 Å². The first kappa shape index (κ1) is 18.8. The van der Waals surface area contributed by atoms with Gasteiger partial charge < -0.3 is 10.2 Å². The first-order valence-electron chi connectivity index (χ1n) is 8.87. The number of hydrogen-bond acceptors (Lipinski definition) is 4. The summed E-state index contributed by atoms with van der Waals surface area (Å²) in [5.74, 6) is 0.445. The van der Waals surface area contributed by atoms with E-state index in [1.165, 1.54) is 5.56 Å². The van der Waals surface area contributed by atoms with Crippen LogP contribution in [0.15, 0.2) is 42.6 Å². The highest BCUT2D eigenvalue weighted by atomic mass is 16.2. The Morgan fingerprint density at radius 1 is 1.30 bits per heavy atom. The molecule has 3 rings (SSSR count). The molecule has 0 atom stereocenters. The third-order valence-corrected chi connectivity index (χ3v) is 4.43. The number of anilines is 1. The van der Waals surface area contributed by atoms with Crippen LogP contribution in [0.25, 0.3) is 6.08 Å². The lowest BCUT2D eigenvalue weighted by molar-refractivity contribution is -0.125. The molecule has 0 aliphatic carbocycles. The van der Waals surface area contributed by atoms with Crippen LogP contribution in [0.3, 0.4) is 0 Å². The van der Waals surface area contributed by atoms with Gasteiger partial charge in [-0.2, -0.15) is 0 Å². The van der Waals surface area contributed by atoms with Crippen molar-refractivity contribution in [2.45, 2.75) is 20.0 Å². The van der Waals surface area contributed by atoms with Crippen molar-refractivity contribution in [3.05, 3.63) is 64.9 Å². The third-order valence-electron chi connectivity index (χ3n) is 4.43. The van der Waals surface area contributed by atoms with Gasteiger partial charge in [0, 0.05) is 38.0 Å². The van der Waals surface area contributed by atoms with E-state index in [1.807, 2.05) is 49.2 Å². The molecule has 2 amide bonds. The molecule has 0 unspecified atom stereocenters. The molecule has 2 heterocycles. The standard InChI is InChI=1S/C21H24N4O2/c1-15-4-6-16(7-5-15)12-25(3)20(27)9-8-17-10-18-13-24(2)14-19(26)23-21(18)22-11-17/h4-11H,12-14H2,1-3H3,(H,22,23,26)/b9-8+. The van der Waals surface area contributed by atoms with Crippen LogP contribution in [-0.2, 0) is 22.7 Å². The van der Waals surface area contributed by atoms with Crippen LogP contribution < -0.4 is 5.32 Å². The SMILES string of the molecule is Cc1ccc(CN(C)C(=O)/C=C/c2cnc3c(c2)CN(C)CC(=O)N3)cc1. The highest BCUT2D eigenvalue weighted by Crippen LogP contribution is 2.19. The fraction of sp³-hybridized carbons (Fsp3) is 0.286. The van der Waals surface area contributed by atoms with Gasteiger partial charge in [-0.05, 0) is 37.2 Å². The van der Waals surface area contributed by atoms with Crippen LogP contribution in [0.4, 0.5) is 5.82 Å². The van der Waals surface area contributed by atoms with Crippen molar-refractivity contribution in [2.75, 3.05) is 26.0 Å². The predicted octanol–water partition coefficient (Wildman–Crippen LogP) is 2.45. The van der Waals surface area contributed by atoms with Crippen LogP contribution in [0.2, 0.25) is 0 Å². The highest BCUT2D eigenvalue weighted by Gasteiger charge is 2.17. The maximum atomic E-state index is 12.4. The quantitative estimate of drug-likeness (QED) is 0.847. The van der Waals surface area contributed by atoms with E-state index >= 15 is 0 Å². The van der Waals surface area contributed by atoms with E-state index in [0.29, 0.717) is 25.5 Å². The number of carbonyl (C=O) groups is 2. The van der Waals surface area contributed by atoms with Crippen molar-refractivity contribution in [2.24, 2.45) is 0 Å². The Bertz CT molecular complexity index is 874. The molecule has 6 nitrogen and oxygen atoms in total. The second kappa shape index (κ2) is 8.14. The molecule has 140 valence electrons. The summed E-state index contributed by atoms with van der Waals surface area (Å²) in [4.78, 5) is 32.1. The van der Waals surface area contributed by atoms with Gasteiger partial charge in [-0.1, -0.05) is 29.8 Å². The largest absolute Gasteiger partial charge is 0.338 e. The molecular weight excluding hydrogens is 340 g/mol. The Morgan fingerprint density at radius 2 is 2.04 bits per heavy atom. The van der Waals surface area contributed by atoms with Crippen molar-refractivity contribution in [1.82, 2.24) is 14.8 Å². The minimum Gasteiger partial charge on any atom is -0.338 e. The van der Waals surface area contributed by atoms with E-state index in [4.69, 9.17) is 0 Å². The van der Waals surface area contributed by atoms with Gasteiger partial charge in [0.05, 0.1) is 6.54 Å². The molecule has 0 radical (unpaired) electrons. The Hall–Kier alpha value is -2.99. The molecule has 0 saturated heterocycles. The van der Waals surface area contributed by atoms with Crippen LogP contribution in [0.5, 0.6) is 0 Å². The Kier molecular flexibility index (Phi) is 5.66. The number of nitrogens with zero attached hydrogens (tertiary/aromatic N) is 3. The van der Waals surface area contributed by atoms with Crippen molar-refractivity contribution in [1.29, 1.82) is 0 Å². The number of hydrogen-bond donors (Lipinski definition) is 1. The summed E-state index contributed by atoms with van der Waals surface area (Å²) < 4.78 is 0. The Balaban J connectivity index is 1.67. The number of benzene rings is 1. The van der Waals surface area contributed by atoms with Crippen LogP contribution in [0.1, 0.15) is 22.3 Å². The maximum Gasteiger partial charge on any atom is 0.246 e. The topological polar surface area (TPSA) is 65.5 Å². The third kappa shape index (κ3) is 5.01. The number of aromatic nitrogens is 1.